The van der Waals surface area contributed by atoms with Gasteiger partial charge >= 0.3 is 5.97 Å². The fourth-order valence-corrected chi connectivity index (χ4v) is 2.39. The normalized spacial score (nSPS) is 10.1. The number of pyridine rings is 1. The molecule has 2 rings (SSSR count). The van der Waals surface area contributed by atoms with E-state index in [2.05, 4.69) is 4.98 Å². The van der Waals surface area contributed by atoms with Gasteiger partial charge < -0.3 is 4.74 Å². The molecule has 3 nitrogen and oxygen atoms in total. The minimum Gasteiger partial charge on any atom is -0.426 e. The van der Waals surface area contributed by atoms with Gasteiger partial charge in [0, 0.05) is 25.1 Å². The van der Waals surface area contributed by atoms with E-state index in [-0.39, 0.29) is 5.97 Å². The number of esters is 1. The molecule has 0 fully saturated rings. The molecule has 0 bridgehead atoms. The molecule has 0 spiro atoms. The van der Waals surface area contributed by atoms with E-state index in [1.165, 1.54) is 12.5 Å². The maximum absolute atomic E-state index is 11.0. The quantitative estimate of drug-likeness (QED) is 0.480. The molecule has 4 heteroatoms. The molecule has 2 aromatic rings. The van der Waals surface area contributed by atoms with Crippen molar-refractivity contribution in [2.24, 2.45) is 0 Å². The van der Waals surface area contributed by atoms with Gasteiger partial charge in [0.2, 0.25) is 0 Å². The highest BCUT2D eigenvalue weighted by Crippen LogP contribution is 2.31. The molecule has 1 aromatic carbocycles. The lowest BCUT2D eigenvalue weighted by Gasteiger charge is -2.08. The molecule has 0 amide bonds. The van der Waals surface area contributed by atoms with Crippen LogP contribution in [-0.4, -0.2) is 11.0 Å². The monoisotopic (exact) mass is 259 g/mol. The van der Waals surface area contributed by atoms with E-state index in [0.717, 1.165) is 10.6 Å². The van der Waals surface area contributed by atoms with Crippen LogP contribution in [0.15, 0.2) is 53.7 Å². The van der Waals surface area contributed by atoms with Crippen molar-refractivity contribution in [3.8, 4) is 5.75 Å². The molecule has 0 aliphatic rings. The van der Waals surface area contributed by atoms with Gasteiger partial charge in [-0.05, 0) is 29.8 Å². The number of aromatic nitrogens is 1. The van der Waals surface area contributed by atoms with Crippen LogP contribution in [0.1, 0.15) is 12.5 Å². The van der Waals surface area contributed by atoms with Gasteiger partial charge in [0.05, 0.1) is 4.90 Å². The Morgan fingerprint density at radius 1 is 1.22 bits per heavy atom. The third-order valence-electron chi connectivity index (χ3n) is 2.25. The first-order valence-corrected chi connectivity index (χ1v) is 6.53. The minimum absolute atomic E-state index is 0.299. The Morgan fingerprint density at radius 2 is 1.94 bits per heavy atom. The second kappa shape index (κ2) is 6.21. The number of ether oxygens (including phenoxy) is 1. The summed E-state index contributed by atoms with van der Waals surface area (Å²) >= 11 is 1.64. The van der Waals surface area contributed by atoms with E-state index in [1.54, 1.807) is 30.2 Å². The van der Waals surface area contributed by atoms with Crippen LogP contribution in [-0.2, 0) is 10.5 Å². The first kappa shape index (κ1) is 12.6. The smallest absolute Gasteiger partial charge is 0.308 e. The van der Waals surface area contributed by atoms with Gasteiger partial charge in [0.15, 0.2) is 0 Å². The highest BCUT2D eigenvalue weighted by molar-refractivity contribution is 7.98. The van der Waals surface area contributed by atoms with E-state index >= 15 is 0 Å². The average Bonchev–Trinajstić information content (AvgIpc) is 2.38. The minimum atomic E-state index is -0.299. The summed E-state index contributed by atoms with van der Waals surface area (Å²) in [6, 6.07) is 11.5. The first-order chi connectivity index (χ1) is 8.75. The van der Waals surface area contributed by atoms with Crippen molar-refractivity contribution in [3.63, 3.8) is 0 Å². The summed E-state index contributed by atoms with van der Waals surface area (Å²) in [4.78, 5) is 15.9. The average molecular weight is 259 g/mol. The maximum atomic E-state index is 11.0. The second-order valence-corrected chi connectivity index (χ2v) is 4.70. The molecule has 0 aliphatic carbocycles. The van der Waals surface area contributed by atoms with Gasteiger partial charge in [-0.25, -0.2) is 0 Å². The van der Waals surface area contributed by atoms with Crippen molar-refractivity contribution in [1.29, 1.82) is 0 Å². The molecular formula is C14H13NO2S. The van der Waals surface area contributed by atoms with Crippen LogP contribution in [0.25, 0.3) is 0 Å². The van der Waals surface area contributed by atoms with Crippen molar-refractivity contribution >= 4 is 17.7 Å². The summed E-state index contributed by atoms with van der Waals surface area (Å²) < 4.78 is 5.16. The number of carbonyl (C=O) groups excluding carboxylic acids is 1. The molecule has 0 aliphatic heterocycles. The summed E-state index contributed by atoms with van der Waals surface area (Å²) in [6.45, 7) is 1.41. The Balaban J connectivity index is 2.07. The van der Waals surface area contributed by atoms with Crippen LogP contribution >= 0.6 is 11.8 Å². The highest BCUT2D eigenvalue weighted by atomic mass is 32.2. The van der Waals surface area contributed by atoms with Gasteiger partial charge in [0.25, 0.3) is 0 Å². The third-order valence-corrected chi connectivity index (χ3v) is 3.37. The number of carbonyl (C=O) groups is 1. The van der Waals surface area contributed by atoms with Crippen LogP contribution in [0.5, 0.6) is 5.75 Å². The molecule has 1 heterocycles. The Morgan fingerprint density at radius 3 is 2.67 bits per heavy atom. The zero-order chi connectivity index (χ0) is 12.8. The van der Waals surface area contributed by atoms with E-state index in [1.807, 2.05) is 30.3 Å². The summed E-state index contributed by atoms with van der Waals surface area (Å²) in [6.07, 6.45) is 3.54. The van der Waals surface area contributed by atoms with Crippen molar-refractivity contribution < 1.29 is 9.53 Å². The molecule has 0 saturated heterocycles. The summed E-state index contributed by atoms with van der Waals surface area (Å²) in [5.41, 5.74) is 1.19. The zero-order valence-corrected chi connectivity index (χ0v) is 10.8. The fraction of sp³-hybridized carbons (Fsp3) is 0.143. The third kappa shape index (κ3) is 3.60. The lowest BCUT2D eigenvalue weighted by Crippen LogP contribution is -2.02. The predicted octanol–water partition coefficient (Wildman–Crippen LogP) is 3.30. The van der Waals surface area contributed by atoms with E-state index in [4.69, 9.17) is 4.74 Å². The molecular weight excluding hydrogens is 246 g/mol. The zero-order valence-electron chi connectivity index (χ0n) is 10.00. The number of para-hydroxylation sites is 1. The molecule has 0 unspecified atom stereocenters. The SMILES string of the molecule is CC(=O)Oc1ccccc1SCc1ccncc1. The van der Waals surface area contributed by atoms with Crippen molar-refractivity contribution in [3.05, 3.63) is 54.4 Å². The fourth-order valence-electron chi connectivity index (χ4n) is 1.45. The number of rotatable bonds is 4. The first-order valence-electron chi connectivity index (χ1n) is 5.55. The Kier molecular flexibility index (Phi) is 4.36. The Hall–Kier alpha value is -1.81. The molecule has 1 aromatic heterocycles. The van der Waals surface area contributed by atoms with E-state index in [0.29, 0.717) is 5.75 Å². The van der Waals surface area contributed by atoms with Gasteiger partial charge in [-0.2, -0.15) is 0 Å². The highest BCUT2D eigenvalue weighted by Gasteiger charge is 2.06. The number of thioether (sulfide) groups is 1. The van der Waals surface area contributed by atoms with Crippen molar-refractivity contribution in [1.82, 2.24) is 4.98 Å². The lowest BCUT2D eigenvalue weighted by atomic mass is 10.3. The Labute approximate surface area is 110 Å². The Bertz CT molecular complexity index is 528. The topological polar surface area (TPSA) is 39.2 Å². The van der Waals surface area contributed by atoms with Gasteiger partial charge in [-0.1, -0.05) is 12.1 Å². The van der Waals surface area contributed by atoms with Crippen molar-refractivity contribution in [2.45, 2.75) is 17.6 Å². The molecule has 0 atom stereocenters. The predicted molar refractivity (Wildman–Crippen MR) is 71.5 cm³/mol. The molecule has 0 saturated carbocycles. The number of hydrogen-bond donors (Lipinski definition) is 0. The molecule has 92 valence electrons. The van der Waals surface area contributed by atoms with Gasteiger partial charge in [-0.3, -0.25) is 9.78 Å². The van der Waals surface area contributed by atoms with Crippen molar-refractivity contribution in [2.75, 3.05) is 0 Å². The maximum Gasteiger partial charge on any atom is 0.308 e. The second-order valence-electron chi connectivity index (χ2n) is 3.68. The number of benzene rings is 1. The standard InChI is InChI=1S/C14H13NO2S/c1-11(16)17-13-4-2-3-5-14(13)18-10-12-6-8-15-9-7-12/h2-9H,10H2,1H3. The van der Waals surface area contributed by atoms with E-state index in [9.17, 15) is 4.79 Å². The molecule has 0 N–H and O–H groups in total. The largest absolute Gasteiger partial charge is 0.426 e. The van der Waals surface area contributed by atoms with Crippen LogP contribution in [0.2, 0.25) is 0 Å². The van der Waals surface area contributed by atoms with Crippen LogP contribution in [0.4, 0.5) is 0 Å². The number of hydrogen-bond acceptors (Lipinski definition) is 4. The van der Waals surface area contributed by atoms with Gasteiger partial charge in [-0.15, -0.1) is 11.8 Å². The van der Waals surface area contributed by atoms with Gasteiger partial charge in [0.1, 0.15) is 5.75 Å². The molecule has 0 radical (unpaired) electrons. The van der Waals surface area contributed by atoms with Crippen LogP contribution < -0.4 is 4.74 Å². The summed E-state index contributed by atoms with van der Waals surface area (Å²) in [7, 11) is 0. The summed E-state index contributed by atoms with van der Waals surface area (Å²) in [5.74, 6) is 1.14. The van der Waals surface area contributed by atoms with Crippen LogP contribution in [0.3, 0.4) is 0 Å². The van der Waals surface area contributed by atoms with E-state index < -0.39 is 0 Å². The lowest BCUT2D eigenvalue weighted by molar-refractivity contribution is -0.132. The molecule has 18 heavy (non-hydrogen) atoms. The summed E-state index contributed by atoms with van der Waals surface area (Å²) in [5, 5.41) is 0. The van der Waals surface area contributed by atoms with Crippen LogP contribution in [0, 0.1) is 0 Å². The number of nitrogens with zero attached hydrogens (tertiary/aromatic N) is 1.